The summed E-state index contributed by atoms with van der Waals surface area (Å²) < 4.78 is 13.7. The van der Waals surface area contributed by atoms with Crippen molar-refractivity contribution < 1.29 is 4.39 Å². The molecule has 0 saturated heterocycles. The van der Waals surface area contributed by atoms with Gasteiger partial charge in [-0.2, -0.15) is 0 Å². The van der Waals surface area contributed by atoms with Gasteiger partial charge in [0.1, 0.15) is 10.8 Å². The predicted molar refractivity (Wildman–Crippen MR) is 74.2 cm³/mol. The van der Waals surface area contributed by atoms with Crippen molar-refractivity contribution >= 4 is 11.3 Å². The van der Waals surface area contributed by atoms with Crippen molar-refractivity contribution in [3.8, 4) is 11.3 Å². The van der Waals surface area contributed by atoms with Gasteiger partial charge in [0.05, 0.1) is 5.69 Å². The van der Waals surface area contributed by atoms with Crippen LogP contribution in [0.25, 0.3) is 11.3 Å². The van der Waals surface area contributed by atoms with E-state index in [2.05, 4.69) is 24.1 Å². The molecule has 0 amide bonds. The Kier molecular flexibility index (Phi) is 4.09. The fraction of sp³-hybridized carbons (Fsp3) is 0.357. The minimum atomic E-state index is -0.214. The lowest BCUT2D eigenvalue weighted by atomic mass is 10.1. The Morgan fingerprint density at radius 2 is 2.06 bits per heavy atom. The maximum absolute atomic E-state index is 13.7. The number of hydrogen-bond acceptors (Lipinski definition) is 3. The zero-order valence-corrected chi connectivity index (χ0v) is 11.6. The largest absolute Gasteiger partial charge is 0.308 e. The summed E-state index contributed by atoms with van der Waals surface area (Å²) in [5.74, 6) is -0.214. The maximum atomic E-state index is 13.7. The molecule has 0 radical (unpaired) electrons. The molecule has 1 aromatic carbocycles. The van der Waals surface area contributed by atoms with Crippen LogP contribution in [-0.2, 0) is 6.54 Å². The summed E-state index contributed by atoms with van der Waals surface area (Å²) >= 11 is 1.62. The van der Waals surface area contributed by atoms with Gasteiger partial charge >= 0.3 is 0 Å². The fourth-order valence-corrected chi connectivity index (χ4v) is 2.62. The zero-order valence-electron chi connectivity index (χ0n) is 10.8. The molecule has 2 nitrogen and oxygen atoms in total. The number of aromatic nitrogens is 1. The number of thiazole rings is 1. The Balaban J connectivity index is 2.27. The number of aryl methyl sites for hydroxylation is 1. The molecular weight excluding hydrogens is 247 g/mol. The van der Waals surface area contributed by atoms with E-state index in [4.69, 9.17) is 0 Å². The minimum Gasteiger partial charge on any atom is -0.308 e. The normalized spacial score (nSPS) is 11.2. The number of nitrogens with one attached hydrogen (secondary N) is 1. The SMILES string of the molecule is Cc1sc(CNC(C)C)nc1-c1ccccc1F. The van der Waals surface area contributed by atoms with Gasteiger partial charge in [-0.25, -0.2) is 9.37 Å². The highest BCUT2D eigenvalue weighted by atomic mass is 32.1. The van der Waals surface area contributed by atoms with Gasteiger partial charge in [0.15, 0.2) is 0 Å². The molecule has 0 aliphatic heterocycles. The van der Waals surface area contributed by atoms with Crippen molar-refractivity contribution in [1.82, 2.24) is 10.3 Å². The van der Waals surface area contributed by atoms with Gasteiger partial charge in [0.25, 0.3) is 0 Å². The summed E-state index contributed by atoms with van der Waals surface area (Å²) in [6.07, 6.45) is 0. The highest BCUT2D eigenvalue weighted by Crippen LogP contribution is 2.29. The van der Waals surface area contributed by atoms with Crippen molar-refractivity contribution in [3.05, 3.63) is 40.0 Å². The van der Waals surface area contributed by atoms with Crippen LogP contribution in [0.1, 0.15) is 23.7 Å². The molecule has 0 atom stereocenters. The van der Waals surface area contributed by atoms with Gasteiger partial charge in [0, 0.05) is 23.0 Å². The molecule has 1 heterocycles. The molecule has 1 N–H and O–H groups in total. The van der Waals surface area contributed by atoms with E-state index >= 15 is 0 Å². The summed E-state index contributed by atoms with van der Waals surface area (Å²) in [6.45, 7) is 6.91. The topological polar surface area (TPSA) is 24.9 Å². The van der Waals surface area contributed by atoms with Crippen LogP contribution in [0.2, 0.25) is 0 Å². The Morgan fingerprint density at radius 3 is 2.72 bits per heavy atom. The first-order valence-corrected chi connectivity index (χ1v) is 6.84. The van der Waals surface area contributed by atoms with Gasteiger partial charge in [-0.1, -0.05) is 26.0 Å². The third-order valence-corrected chi connectivity index (χ3v) is 3.60. The number of nitrogens with zero attached hydrogens (tertiary/aromatic N) is 1. The monoisotopic (exact) mass is 264 g/mol. The number of rotatable bonds is 4. The molecule has 0 unspecified atom stereocenters. The van der Waals surface area contributed by atoms with Crippen LogP contribution in [0.3, 0.4) is 0 Å². The molecule has 0 aliphatic carbocycles. The van der Waals surface area contributed by atoms with Gasteiger partial charge in [-0.05, 0) is 19.1 Å². The van der Waals surface area contributed by atoms with E-state index in [0.717, 1.165) is 22.1 Å². The molecule has 2 aromatic rings. The molecule has 4 heteroatoms. The molecule has 0 fully saturated rings. The van der Waals surface area contributed by atoms with E-state index in [0.29, 0.717) is 11.6 Å². The van der Waals surface area contributed by atoms with Crippen LogP contribution in [0, 0.1) is 12.7 Å². The van der Waals surface area contributed by atoms with Gasteiger partial charge in [-0.3, -0.25) is 0 Å². The lowest BCUT2D eigenvalue weighted by Crippen LogP contribution is -2.21. The third-order valence-electron chi connectivity index (χ3n) is 2.63. The lowest BCUT2D eigenvalue weighted by Gasteiger charge is -2.04. The van der Waals surface area contributed by atoms with Gasteiger partial charge in [0.2, 0.25) is 0 Å². The number of benzene rings is 1. The maximum Gasteiger partial charge on any atom is 0.132 e. The molecule has 18 heavy (non-hydrogen) atoms. The van der Waals surface area contributed by atoms with Crippen LogP contribution in [-0.4, -0.2) is 11.0 Å². The Morgan fingerprint density at radius 1 is 1.33 bits per heavy atom. The smallest absolute Gasteiger partial charge is 0.132 e. The standard InChI is InChI=1S/C14H17FN2S/c1-9(2)16-8-13-17-14(10(3)18-13)11-6-4-5-7-12(11)15/h4-7,9,16H,8H2,1-3H3. The van der Waals surface area contributed by atoms with E-state index in [-0.39, 0.29) is 5.82 Å². The first-order valence-electron chi connectivity index (χ1n) is 6.02. The first kappa shape index (κ1) is 13.2. The quantitative estimate of drug-likeness (QED) is 0.909. The average Bonchev–Trinajstić information content (AvgIpc) is 2.69. The first-order chi connectivity index (χ1) is 8.58. The van der Waals surface area contributed by atoms with Crippen molar-refractivity contribution in [2.24, 2.45) is 0 Å². The van der Waals surface area contributed by atoms with Crippen molar-refractivity contribution in [2.45, 2.75) is 33.4 Å². The van der Waals surface area contributed by atoms with Crippen molar-refractivity contribution in [1.29, 1.82) is 0 Å². The number of halogens is 1. The average molecular weight is 264 g/mol. The second-order valence-corrected chi connectivity index (χ2v) is 5.82. The lowest BCUT2D eigenvalue weighted by molar-refractivity contribution is 0.587. The van der Waals surface area contributed by atoms with Gasteiger partial charge in [-0.15, -0.1) is 11.3 Å². The second kappa shape index (κ2) is 5.59. The van der Waals surface area contributed by atoms with Crippen LogP contribution in [0.5, 0.6) is 0 Å². The summed E-state index contributed by atoms with van der Waals surface area (Å²) in [7, 11) is 0. The number of hydrogen-bond donors (Lipinski definition) is 1. The molecule has 0 saturated carbocycles. The molecule has 2 rings (SSSR count). The predicted octanol–water partition coefficient (Wildman–Crippen LogP) is 3.76. The highest BCUT2D eigenvalue weighted by Gasteiger charge is 2.13. The Labute approximate surface area is 111 Å². The Hall–Kier alpha value is -1.26. The van der Waals surface area contributed by atoms with E-state index in [9.17, 15) is 4.39 Å². The summed E-state index contributed by atoms with van der Waals surface area (Å²) in [4.78, 5) is 5.59. The molecule has 0 bridgehead atoms. The van der Waals surface area contributed by atoms with Gasteiger partial charge < -0.3 is 5.32 Å². The van der Waals surface area contributed by atoms with E-state index in [1.807, 2.05) is 13.0 Å². The van der Waals surface area contributed by atoms with Crippen LogP contribution < -0.4 is 5.32 Å². The fourth-order valence-electron chi connectivity index (χ4n) is 1.72. The molecular formula is C14H17FN2S. The third kappa shape index (κ3) is 2.94. The van der Waals surface area contributed by atoms with Crippen LogP contribution in [0.4, 0.5) is 4.39 Å². The summed E-state index contributed by atoms with van der Waals surface area (Å²) in [5.41, 5.74) is 1.35. The second-order valence-electron chi connectivity index (χ2n) is 4.53. The molecule has 1 aromatic heterocycles. The summed E-state index contributed by atoms with van der Waals surface area (Å²) in [6, 6.07) is 7.20. The van der Waals surface area contributed by atoms with Crippen molar-refractivity contribution in [2.75, 3.05) is 0 Å². The van der Waals surface area contributed by atoms with Crippen molar-refractivity contribution in [3.63, 3.8) is 0 Å². The zero-order chi connectivity index (χ0) is 13.1. The van der Waals surface area contributed by atoms with Crippen LogP contribution in [0.15, 0.2) is 24.3 Å². The molecule has 0 spiro atoms. The van der Waals surface area contributed by atoms with Crippen LogP contribution >= 0.6 is 11.3 Å². The Bertz CT molecular complexity index is 534. The highest BCUT2D eigenvalue weighted by molar-refractivity contribution is 7.12. The van der Waals surface area contributed by atoms with E-state index < -0.39 is 0 Å². The molecule has 96 valence electrons. The summed E-state index contributed by atoms with van der Waals surface area (Å²) in [5, 5.41) is 4.32. The minimum absolute atomic E-state index is 0.214. The van der Waals surface area contributed by atoms with E-state index in [1.165, 1.54) is 6.07 Å². The molecule has 0 aliphatic rings. The van der Waals surface area contributed by atoms with E-state index in [1.54, 1.807) is 23.5 Å².